The van der Waals surface area contributed by atoms with Gasteiger partial charge in [0.15, 0.2) is 0 Å². The zero-order valence-electron chi connectivity index (χ0n) is 14.3. The summed E-state index contributed by atoms with van der Waals surface area (Å²) in [6.07, 6.45) is 1.75. The van der Waals surface area contributed by atoms with Crippen molar-refractivity contribution in [2.75, 3.05) is 12.0 Å². The van der Waals surface area contributed by atoms with Gasteiger partial charge in [-0.2, -0.15) is 0 Å². The largest absolute Gasteiger partial charge is 0.496 e. The Hall–Kier alpha value is -2.76. The number of anilines is 1. The van der Waals surface area contributed by atoms with E-state index in [0.717, 1.165) is 38.7 Å². The predicted octanol–water partition coefficient (Wildman–Crippen LogP) is 5.74. The quantitative estimate of drug-likeness (QED) is 0.530. The number of amides is 2. The summed E-state index contributed by atoms with van der Waals surface area (Å²) in [6.45, 7) is 0. The molecule has 0 unspecified atom stereocenters. The molecule has 6 heteroatoms. The van der Waals surface area contributed by atoms with Crippen LogP contribution in [0, 0.1) is 0 Å². The van der Waals surface area contributed by atoms with E-state index in [4.69, 9.17) is 16.3 Å². The average molecular weight is 396 g/mol. The van der Waals surface area contributed by atoms with Gasteiger partial charge in [0.05, 0.1) is 17.7 Å². The number of rotatable bonds is 3. The maximum Gasteiger partial charge on any atom is 0.298 e. The van der Waals surface area contributed by atoms with Crippen molar-refractivity contribution in [2.45, 2.75) is 0 Å². The number of methoxy groups -OCH3 is 1. The summed E-state index contributed by atoms with van der Waals surface area (Å²) in [7, 11) is 1.62. The number of halogens is 1. The minimum Gasteiger partial charge on any atom is -0.496 e. The number of carbonyl (C=O) groups is 2. The Morgan fingerprint density at radius 1 is 1.00 bits per heavy atom. The number of carbonyl (C=O) groups excluding carboxylic acids is 2. The second-order valence-corrected chi connectivity index (χ2v) is 7.33. The molecule has 1 aliphatic heterocycles. The Morgan fingerprint density at radius 3 is 2.52 bits per heavy atom. The number of fused-ring (bicyclic) bond motifs is 1. The molecule has 0 spiro atoms. The van der Waals surface area contributed by atoms with Gasteiger partial charge >= 0.3 is 0 Å². The van der Waals surface area contributed by atoms with Crippen LogP contribution in [0.1, 0.15) is 5.56 Å². The Balaban J connectivity index is 1.77. The van der Waals surface area contributed by atoms with Crippen molar-refractivity contribution in [2.24, 2.45) is 0 Å². The molecule has 0 bridgehead atoms. The molecule has 0 aromatic heterocycles. The van der Waals surface area contributed by atoms with Crippen LogP contribution in [0.3, 0.4) is 0 Å². The zero-order valence-corrected chi connectivity index (χ0v) is 15.9. The summed E-state index contributed by atoms with van der Waals surface area (Å²) in [5.41, 5.74) is 1.32. The van der Waals surface area contributed by atoms with Crippen molar-refractivity contribution < 1.29 is 14.3 Å². The van der Waals surface area contributed by atoms with Gasteiger partial charge in [0.2, 0.25) is 0 Å². The molecule has 1 saturated heterocycles. The molecule has 0 aliphatic carbocycles. The lowest BCUT2D eigenvalue weighted by atomic mass is 10.0. The van der Waals surface area contributed by atoms with Crippen molar-refractivity contribution in [1.82, 2.24) is 0 Å². The first-order valence-corrected chi connectivity index (χ1v) is 9.37. The third-order valence-electron chi connectivity index (χ3n) is 4.28. The van der Waals surface area contributed by atoms with Gasteiger partial charge in [0, 0.05) is 10.4 Å². The van der Waals surface area contributed by atoms with Gasteiger partial charge in [-0.05, 0) is 53.1 Å². The molecule has 134 valence electrons. The van der Waals surface area contributed by atoms with Crippen LogP contribution in [0.5, 0.6) is 5.75 Å². The van der Waals surface area contributed by atoms with Crippen LogP contribution < -0.4 is 9.64 Å². The molecule has 1 fully saturated rings. The SMILES string of the molecule is COc1ccc(/C=C2/SC(=O)N(c3cccc(Cl)c3)C2=O)c2ccccc12. The summed E-state index contributed by atoms with van der Waals surface area (Å²) in [5.74, 6) is 0.405. The van der Waals surface area contributed by atoms with Crippen LogP contribution in [-0.2, 0) is 4.79 Å². The lowest BCUT2D eigenvalue weighted by molar-refractivity contribution is -0.113. The second kappa shape index (κ2) is 7.10. The van der Waals surface area contributed by atoms with Crippen LogP contribution in [0.4, 0.5) is 10.5 Å². The third-order valence-corrected chi connectivity index (χ3v) is 5.39. The van der Waals surface area contributed by atoms with Crippen LogP contribution >= 0.6 is 23.4 Å². The number of hydrogen-bond donors (Lipinski definition) is 0. The molecule has 1 aliphatic rings. The van der Waals surface area contributed by atoms with Gasteiger partial charge in [0.25, 0.3) is 11.1 Å². The van der Waals surface area contributed by atoms with E-state index in [-0.39, 0.29) is 11.1 Å². The van der Waals surface area contributed by atoms with E-state index in [2.05, 4.69) is 0 Å². The Labute approximate surface area is 165 Å². The summed E-state index contributed by atoms with van der Waals surface area (Å²) in [4.78, 5) is 26.8. The lowest BCUT2D eigenvalue weighted by Gasteiger charge is -2.12. The van der Waals surface area contributed by atoms with Crippen LogP contribution in [0.15, 0.2) is 65.6 Å². The first-order chi connectivity index (χ1) is 13.1. The van der Waals surface area contributed by atoms with E-state index in [0.29, 0.717) is 15.6 Å². The summed E-state index contributed by atoms with van der Waals surface area (Å²) in [5, 5.41) is 2.03. The van der Waals surface area contributed by atoms with Gasteiger partial charge in [0.1, 0.15) is 5.75 Å². The van der Waals surface area contributed by atoms with E-state index in [9.17, 15) is 9.59 Å². The van der Waals surface area contributed by atoms with Crippen LogP contribution in [0.2, 0.25) is 5.02 Å². The fraction of sp³-hybridized carbons (Fsp3) is 0.0476. The molecule has 1 heterocycles. The van der Waals surface area contributed by atoms with Crippen molar-refractivity contribution in [3.63, 3.8) is 0 Å². The molecular formula is C21H14ClNO3S. The van der Waals surface area contributed by atoms with Gasteiger partial charge in [-0.15, -0.1) is 0 Å². The molecule has 4 rings (SSSR count). The molecule has 3 aromatic carbocycles. The summed E-state index contributed by atoms with van der Waals surface area (Å²) >= 11 is 6.92. The molecule has 0 saturated carbocycles. The fourth-order valence-electron chi connectivity index (χ4n) is 3.05. The van der Waals surface area contributed by atoms with Crippen molar-refractivity contribution in [3.8, 4) is 5.75 Å². The first kappa shape index (κ1) is 17.6. The van der Waals surface area contributed by atoms with Crippen molar-refractivity contribution in [1.29, 1.82) is 0 Å². The third kappa shape index (κ3) is 3.20. The maximum absolute atomic E-state index is 12.8. The van der Waals surface area contributed by atoms with E-state index >= 15 is 0 Å². The zero-order chi connectivity index (χ0) is 19.0. The van der Waals surface area contributed by atoms with Crippen molar-refractivity contribution >= 4 is 57.0 Å². The average Bonchev–Trinajstić information content (AvgIpc) is 2.95. The van der Waals surface area contributed by atoms with Gasteiger partial charge in [-0.1, -0.05) is 48.0 Å². The Morgan fingerprint density at radius 2 is 1.78 bits per heavy atom. The maximum atomic E-state index is 12.8. The van der Waals surface area contributed by atoms with E-state index in [1.807, 2.05) is 36.4 Å². The van der Waals surface area contributed by atoms with Crippen LogP contribution in [-0.4, -0.2) is 18.3 Å². The molecule has 27 heavy (non-hydrogen) atoms. The topological polar surface area (TPSA) is 46.6 Å². The molecule has 3 aromatic rings. The highest BCUT2D eigenvalue weighted by Crippen LogP contribution is 2.38. The van der Waals surface area contributed by atoms with Gasteiger partial charge < -0.3 is 4.74 Å². The molecular weight excluding hydrogens is 382 g/mol. The minimum atomic E-state index is -0.354. The Kier molecular flexibility index (Phi) is 4.64. The Bertz CT molecular complexity index is 1110. The van der Waals surface area contributed by atoms with E-state index in [1.54, 1.807) is 37.5 Å². The van der Waals surface area contributed by atoms with E-state index in [1.165, 1.54) is 0 Å². The number of ether oxygens (including phenoxy) is 1. The monoisotopic (exact) mass is 395 g/mol. The van der Waals surface area contributed by atoms with Gasteiger partial charge in [-0.25, -0.2) is 4.90 Å². The van der Waals surface area contributed by atoms with Gasteiger partial charge in [-0.3, -0.25) is 9.59 Å². The normalized spacial score (nSPS) is 15.8. The molecule has 0 atom stereocenters. The number of benzene rings is 3. The highest BCUT2D eigenvalue weighted by atomic mass is 35.5. The first-order valence-electron chi connectivity index (χ1n) is 8.18. The molecule has 4 nitrogen and oxygen atoms in total. The summed E-state index contributed by atoms with van der Waals surface area (Å²) in [6, 6.07) is 18.2. The van der Waals surface area contributed by atoms with Crippen LogP contribution in [0.25, 0.3) is 16.8 Å². The smallest absolute Gasteiger partial charge is 0.298 e. The molecule has 0 radical (unpaired) electrons. The molecule has 0 N–H and O–H groups in total. The highest BCUT2D eigenvalue weighted by molar-refractivity contribution is 8.19. The van der Waals surface area contributed by atoms with Crippen molar-refractivity contribution in [3.05, 3.63) is 76.2 Å². The lowest BCUT2D eigenvalue weighted by Crippen LogP contribution is -2.27. The standard InChI is InChI=1S/C21H14ClNO3S/c1-26-18-10-9-13(16-7-2-3-8-17(16)18)11-19-20(24)23(21(25)27-19)15-6-4-5-14(22)12-15/h2-12H,1H3/b19-11+. The second-order valence-electron chi connectivity index (χ2n) is 5.90. The summed E-state index contributed by atoms with van der Waals surface area (Å²) < 4.78 is 5.41. The van der Waals surface area contributed by atoms with E-state index < -0.39 is 0 Å². The fourth-order valence-corrected chi connectivity index (χ4v) is 4.06. The number of hydrogen-bond acceptors (Lipinski definition) is 4. The number of nitrogens with zero attached hydrogens (tertiary/aromatic N) is 1. The number of thioether (sulfide) groups is 1. The number of imide groups is 1. The highest BCUT2D eigenvalue weighted by Gasteiger charge is 2.36. The molecule has 2 amide bonds. The minimum absolute atomic E-state index is 0.341. The predicted molar refractivity (Wildman–Crippen MR) is 110 cm³/mol.